The van der Waals surface area contributed by atoms with E-state index in [0.29, 0.717) is 18.8 Å². The SMILES string of the molecule is Cc1ccnc2c1c(C1CCN(S(=O)(=O)c3ccc(OC(C)C)cc3)CC1)cn2CC=O. The second-order valence-corrected chi connectivity index (χ2v) is 10.5. The average Bonchev–Trinajstić information content (AvgIpc) is 3.14. The number of fused-ring (bicyclic) bond motifs is 1. The van der Waals surface area contributed by atoms with E-state index in [-0.39, 0.29) is 23.5 Å². The largest absolute Gasteiger partial charge is 0.491 e. The first-order valence-electron chi connectivity index (χ1n) is 11.0. The van der Waals surface area contributed by atoms with Gasteiger partial charge in [0, 0.05) is 30.9 Å². The number of piperidine rings is 1. The molecule has 0 bridgehead atoms. The van der Waals surface area contributed by atoms with Gasteiger partial charge in [-0.2, -0.15) is 4.31 Å². The van der Waals surface area contributed by atoms with Gasteiger partial charge in [0.15, 0.2) is 0 Å². The molecule has 32 heavy (non-hydrogen) atoms. The van der Waals surface area contributed by atoms with E-state index in [0.717, 1.165) is 41.3 Å². The van der Waals surface area contributed by atoms with Crippen molar-refractivity contribution < 1.29 is 17.9 Å². The number of carbonyl (C=O) groups is 1. The van der Waals surface area contributed by atoms with Crippen molar-refractivity contribution in [2.75, 3.05) is 13.1 Å². The van der Waals surface area contributed by atoms with Gasteiger partial charge in [-0.25, -0.2) is 13.4 Å². The molecule has 3 aromatic rings. The lowest BCUT2D eigenvalue weighted by Crippen LogP contribution is -2.37. The zero-order chi connectivity index (χ0) is 22.9. The lowest BCUT2D eigenvalue weighted by atomic mass is 9.89. The summed E-state index contributed by atoms with van der Waals surface area (Å²) in [7, 11) is -3.55. The Morgan fingerprint density at radius 2 is 1.84 bits per heavy atom. The first-order valence-corrected chi connectivity index (χ1v) is 12.4. The Balaban J connectivity index is 1.52. The Kier molecular flexibility index (Phi) is 6.35. The highest BCUT2D eigenvalue weighted by Gasteiger charge is 2.31. The number of nitrogens with zero attached hydrogens (tertiary/aromatic N) is 3. The first-order chi connectivity index (χ1) is 15.3. The van der Waals surface area contributed by atoms with Crippen molar-refractivity contribution in [1.29, 1.82) is 0 Å². The van der Waals surface area contributed by atoms with Crippen molar-refractivity contribution in [1.82, 2.24) is 13.9 Å². The van der Waals surface area contributed by atoms with Crippen LogP contribution in [0.2, 0.25) is 0 Å². The van der Waals surface area contributed by atoms with Gasteiger partial charge in [0.2, 0.25) is 10.0 Å². The molecule has 7 nitrogen and oxygen atoms in total. The molecule has 0 N–H and O–H groups in total. The molecule has 0 atom stereocenters. The molecule has 0 amide bonds. The van der Waals surface area contributed by atoms with Crippen LogP contribution in [0.3, 0.4) is 0 Å². The van der Waals surface area contributed by atoms with E-state index in [2.05, 4.69) is 4.98 Å². The van der Waals surface area contributed by atoms with E-state index in [1.165, 1.54) is 0 Å². The van der Waals surface area contributed by atoms with Crippen molar-refractivity contribution in [2.24, 2.45) is 0 Å². The summed E-state index contributed by atoms with van der Waals surface area (Å²) in [5, 5.41) is 1.08. The molecular formula is C24H29N3O4S. The Hall–Kier alpha value is -2.71. The predicted molar refractivity (Wildman–Crippen MR) is 123 cm³/mol. The molecule has 3 heterocycles. The monoisotopic (exact) mass is 455 g/mol. The van der Waals surface area contributed by atoms with Crippen LogP contribution < -0.4 is 4.74 Å². The third-order valence-electron chi connectivity index (χ3n) is 5.99. The van der Waals surface area contributed by atoms with Crippen LogP contribution in [-0.4, -0.2) is 47.8 Å². The Labute approximate surface area is 189 Å². The smallest absolute Gasteiger partial charge is 0.243 e. The number of benzene rings is 1. The van der Waals surface area contributed by atoms with E-state index in [1.54, 1.807) is 34.8 Å². The van der Waals surface area contributed by atoms with Gasteiger partial charge in [-0.15, -0.1) is 0 Å². The molecule has 1 aliphatic heterocycles. The summed E-state index contributed by atoms with van der Waals surface area (Å²) in [4.78, 5) is 15.9. The summed E-state index contributed by atoms with van der Waals surface area (Å²) >= 11 is 0. The average molecular weight is 456 g/mol. The topological polar surface area (TPSA) is 81.5 Å². The molecule has 2 aromatic heterocycles. The van der Waals surface area contributed by atoms with Crippen LogP contribution >= 0.6 is 0 Å². The number of aldehydes is 1. The van der Waals surface area contributed by atoms with Crippen LogP contribution in [-0.2, 0) is 21.4 Å². The fourth-order valence-corrected chi connectivity index (χ4v) is 5.93. The lowest BCUT2D eigenvalue weighted by molar-refractivity contribution is -0.108. The second-order valence-electron chi connectivity index (χ2n) is 8.55. The number of aryl methyl sites for hydroxylation is 1. The zero-order valence-electron chi connectivity index (χ0n) is 18.7. The first kappa shape index (κ1) is 22.5. The fourth-order valence-electron chi connectivity index (χ4n) is 4.46. The minimum absolute atomic E-state index is 0.0350. The molecular weight excluding hydrogens is 426 g/mol. The molecule has 1 aromatic carbocycles. The van der Waals surface area contributed by atoms with E-state index in [4.69, 9.17) is 4.74 Å². The fraction of sp³-hybridized carbons (Fsp3) is 0.417. The summed E-state index contributed by atoms with van der Waals surface area (Å²) in [5.41, 5.74) is 3.08. The van der Waals surface area contributed by atoms with Crippen molar-refractivity contribution in [3.8, 4) is 5.75 Å². The van der Waals surface area contributed by atoms with Gasteiger partial charge in [-0.1, -0.05) is 0 Å². The molecule has 0 unspecified atom stereocenters. The number of ether oxygens (including phenoxy) is 1. The highest BCUT2D eigenvalue weighted by molar-refractivity contribution is 7.89. The number of aromatic nitrogens is 2. The van der Waals surface area contributed by atoms with Gasteiger partial charge in [-0.05, 0) is 81.0 Å². The van der Waals surface area contributed by atoms with E-state index >= 15 is 0 Å². The third kappa shape index (κ3) is 4.29. The number of rotatable bonds is 7. The van der Waals surface area contributed by atoms with Crippen molar-refractivity contribution in [3.63, 3.8) is 0 Å². The number of hydrogen-bond acceptors (Lipinski definition) is 5. The van der Waals surface area contributed by atoms with Crippen molar-refractivity contribution in [3.05, 3.63) is 53.9 Å². The highest BCUT2D eigenvalue weighted by Crippen LogP contribution is 2.36. The molecule has 0 radical (unpaired) electrons. The van der Waals surface area contributed by atoms with E-state index in [9.17, 15) is 13.2 Å². The lowest BCUT2D eigenvalue weighted by Gasteiger charge is -2.31. The van der Waals surface area contributed by atoms with Crippen LogP contribution in [0.25, 0.3) is 11.0 Å². The third-order valence-corrected chi connectivity index (χ3v) is 7.91. The number of sulfonamides is 1. The standard InChI is InChI=1S/C24H29N3O4S/c1-17(2)31-20-4-6-21(7-5-20)32(29,30)27-12-9-19(10-13-27)22-16-26(14-15-28)24-23(22)18(3)8-11-25-24/h4-8,11,15-17,19H,9-10,12-14H2,1-3H3. The molecule has 170 valence electrons. The molecule has 1 saturated heterocycles. The summed E-state index contributed by atoms with van der Waals surface area (Å²) < 4.78 is 35.4. The minimum atomic E-state index is -3.55. The number of carbonyl (C=O) groups excluding carboxylic acids is 1. The Morgan fingerprint density at radius 1 is 1.16 bits per heavy atom. The van der Waals surface area contributed by atoms with Crippen LogP contribution in [0.4, 0.5) is 0 Å². The zero-order valence-corrected chi connectivity index (χ0v) is 19.5. The van der Waals surface area contributed by atoms with Gasteiger partial charge in [0.05, 0.1) is 17.5 Å². The highest BCUT2D eigenvalue weighted by atomic mass is 32.2. The van der Waals surface area contributed by atoms with Gasteiger partial charge in [0.25, 0.3) is 0 Å². The molecule has 0 aliphatic carbocycles. The number of hydrogen-bond donors (Lipinski definition) is 0. The molecule has 0 spiro atoms. The van der Waals surface area contributed by atoms with Gasteiger partial charge in [0.1, 0.15) is 17.7 Å². The second kappa shape index (κ2) is 9.03. The summed E-state index contributed by atoms with van der Waals surface area (Å²) in [6.45, 7) is 7.08. The maximum absolute atomic E-state index is 13.2. The van der Waals surface area contributed by atoms with Crippen molar-refractivity contribution in [2.45, 2.75) is 57.1 Å². The van der Waals surface area contributed by atoms with Gasteiger partial charge in [-0.3, -0.25) is 0 Å². The van der Waals surface area contributed by atoms with Crippen molar-refractivity contribution >= 4 is 27.3 Å². The van der Waals surface area contributed by atoms with Crippen LogP contribution in [0.15, 0.2) is 47.6 Å². The van der Waals surface area contributed by atoms with Crippen LogP contribution in [0.5, 0.6) is 5.75 Å². The van der Waals surface area contributed by atoms with Gasteiger partial charge >= 0.3 is 0 Å². The Morgan fingerprint density at radius 3 is 2.47 bits per heavy atom. The molecule has 8 heteroatoms. The van der Waals surface area contributed by atoms with Gasteiger partial charge < -0.3 is 14.1 Å². The van der Waals surface area contributed by atoms with E-state index in [1.807, 2.05) is 37.6 Å². The normalized spacial score (nSPS) is 16.0. The van der Waals surface area contributed by atoms with E-state index < -0.39 is 10.0 Å². The minimum Gasteiger partial charge on any atom is -0.491 e. The van der Waals surface area contributed by atoms with Crippen LogP contribution in [0.1, 0.15) is 43.7 Å². The summed E-state index contributed by atoms with van der Waals surface area (Å²) in [6.07, 6.45) is 6.13. The summed E-state index contributed by atoms with van der Waals surface area (Å²) in [6, 6.07) is 8.61. The molecule has 1 aliphatic rings. The molecule has 0 saturated carbocycles. The molecule has 4 rings (SSSR count). The summed E-state index contributed by atoms with van der Waals surface area (Å²) in [5.74, 6) is 0.884. The predicted octanol–water partition coefficient (Wildman–Crippen LogP) is 3.90. The van der Waals surface area contributed by atoms with Crippen LogP contribution in [0, 0.1) is 6.92 Å². The maximum Gasteiger partial charge on any atom is 0.243 e. The quantitative estimate of drug-likeness (QED) is 0.505. The Bertz CT molecular complexity index is 1210. The number of pyridine rings is 1. The maximum atomic E-state index is 13.2. The molecule has 1 fully saturated rings.